The predicted octanol–water partition coefficient (Wildman–Crippen LogP) is 3.10. The number of nitrogen functional groups attached to an aromatic ring is 1. The Hall–Kier alpha value is -1.75. The molecule has 0 radical (unpaired) electrons. The van der Waals surface area contributed by atoms with Crippen LogP contribution in [-0.2, 0) is 19.6 Å². The monoisotopic (exact) mass is 396 g/mol. The van der Waals surface area contributed by atoms with Gasteiger partial charge in [0.25, 0.3) is 0 Å². The molecule has 0 saturated carbocycles. The number of aryl methyl sites for hydroxylation is 2. The zero-order valence-electron chi connectivity index (χ0n) is 12.1. The Morgan fingerprint density at radius 2 is 2.14 bits per heavy atom. The highest BCUT2D eigenvalue weighted by atomic mass is 127. The van der Waals surface area contributed by atoms with E-state index in [0.29, 0.717) is 23.6 Å². The summed E-state index contributed by atoms with van der Waals surface area (Å²) in [6, 6.07) is 7.53. The van der Waals surface area contributed by atoms with Gasteiger partial charge in [-0.25, -0.2) is 0 Å². The summed E-state index contributed by atoms with van der Waals surface area (Å²) >= 11 is 2.13. The van der Waals surface area contributed by atoms with Crippen molar-refractivity contribution < 1.29 is 4.74 Å². The smallest absolute Gasteiger partial charge is 0.156 e. The second kappa shape index (κ2) is 6.80. The molecule has 0 atom stereocenters. The van der Waals surface area contributed by atoms with E-state index in [1.807, 2.05) is 4.68 Å². The molecule has 0 amide bonds. The second-order valence-electron chi connectivity index (χ2n) is 4.57. The van der Waals surface area contributed by atoms with Crippen LogP contribution in [0.3, 0.4) is 0 Å². The lowest BCUT2D eigenvalue weighted by Crippen LogP contribution is -2.07. The molecule has 1 heterocycles. The summed E-state index contributed by atoms with van der Waals surface area (Å²) in [4.78, 5) is 0. The maximum absolute atomic E-state index is 8.92. The summed E-state index contributed by atoms with van der Waals surface area (Å²) in [7, 11) is 0. The van der Waals surface area contributed by atoms with E-state index in [0.717, 1.165) is 27.9 Å². The molecule has 0 spiro atoms. The first kappa shape index (κ1) is 15.6. The van der Waals surface area contributed by atoms with Crippen LogP contribution in [0.25, 0.3) is 0 Å². The number of benzene rings is 1. The maximum Gasteiger partial charge on any atom is 0.156 e. The van der Waals surface area contributed by atoms with Crippen molar-refractivity contribution in [1.29, 1.82) is 5.26 Å². The van der Waals surface area contributed by atoms with E-state index >= 15 is 0 Å². The molecule has 0 unspecified atom stereocenters. The summed E-state index contributed by atoms with van der Waals surface area (Å²) in [6.07, 6.45) is 0.899. The summed E-state index contributed by atoms with van der Waals surface area (Å²) in [5.41, 5.74) is 9.06. The van der Waals surface area contributed by atoms with Crippen LogP contribution in [0.4, 0.5) is 5.69 Å². The van der Waals surface area contributed by atoms with Crippen LogP contribution in [0.15, 0.2) is 18.2 Å². The third-order valence-corrected chi connectivity index (χ3v) is 3.94. The number of hydrogen-bond donors (Lipinski definition) is 1. The minimum atomic E-state index is 0.410. The first-order valence-corrected chi connectivity index (χ1v) is 7.84. The van der Waals surface area contributed by atoms with Crippen molar-refractivity contribution in [3.63, 3.8) is 0 Å². The quantitative estimate of drug-likeness (QED) is 0.623. The van der Waals surface area contributed by atoms with E-state index < -0.39 is 0 Å². The molecular formula is C15H17IN4O. The van der Waals surface area contributed by atoms with Crippen LogP contribution in [-0.4, -0.2) is 9.78 Å². The Morgan fingerprint density at radius 1 is 1.38 bits per heavy atom. The highest BCUT2D eigenvalue weighted by Crippen LogP contribution is 2.30. The summed E-state index contributed by atoms with van der Waals surface area (Å²) in [6.45, 7) is 5.34. The Kier molecular flexibility index (Phi) is 5.07. The molecule has 1 aromatic carbocycles. The van der Waals surface area contributed by atoms with Crippen molar-refractivity contribution >= 4 is 28.3 Å². The molecule has 0 saturated heterocycles. The van der Waals surface area contributed by atoms with Crippen LogP contribution >= 0.6 is 22.6 Å². The average molecular weight is 396 g/mol. The first-order valence-electron chi connectivity index (χ1n) is 6.76. The lowest BCUT2D eigenvalue weighted by atomic mass is 10.2. The van der Waals surface area contributed by atoms with Gasteiger partial charge < -0.3 is 10.5 Å². The van der Waals surface area contributed by atoms with Gasteiger partial charge in [-0.05, 0) is 54.1 Å². The van der Waals surface area contributed by atoms with Crippen LogP contribution in [0.2, 0.25) is 0 Å². The third kappa shape index (κ3) is 3.47. The number of anilines is 1. The first-order chi connectivity index (χ1) is 10.1. The van der Waals surface area contributed by atoms with Crippen molar-refractivity contribution in [1.82, 2.24) is 9.78 Å². The van der Waals surface area contributed by atoms with Gasteiger partial charge in [0.1, 0.15) is 6.61 Å². The number of nitrogens with two attached hydrogens (primary N) is 1. The molecule has 0 aliphatic carbocycles. The van der Waals surface area contributed by atoms with Crippen LogP contribution < -0.4 is 10.5 Å². The lowest BCUT2D eigenvalue weighted by molar-refractivity contribution is 0.292. The molecule has 110 valence electrons. The van der Waals surface area contributed by atoms with E-state index in [1.54, 1.807) is 12.1 Å². The number of hydrogen-bond acceptors (Lipinski definition) is 4. The number of aromatic nitrogens is 2. The van der Waals surface area contributed by atoms with Gasteiger partial charge in [0.15, 0.2) is 5.75 Å². The Labute approximate surface area is 137 Å². The number of nitriles is 1. The fraction of sp³-hybridized carbons (Fsp3) is 0.333. The minimum absolute atomic E-state index is 0.410. The van der Waals surface area contributed by atoms with Gasteiger partial charge in [0.05, 0.1) is 32.3 Å². The normalized spacial score (nSPS) is 10.4. The largest absolute Gasteiger partial charge is 0.484 e. The molecule has 21 heavy (non-hydrogen) atoms. The van der Waals surface area contributed by atoms with Gasteiger partial charge in [0.2, 0.25) is 0 Å². The van der Waals surface area contributed by atoms with Crippen molar-refractivity contribution in [2.24, 2.45) is 0 Å². The zero-order chi connectivity index (χ0) is 15.4. The van der Waals surface area contributed by atoms with Crippen LogP contribution in [0.5, 0.6) is 5.75 Å². The van der Waals surface area contributed by atoms with E-state index in [-0.39, 0.29) is 0 Å². The number of halogens is 1. The maximum atomic E-state index is 8.92. The van der Waals surface area contributed by atoms with E-state index in [9.17, 15) is 0 Å². The lowest BCUT2D eigenvalue weighted by Gasteiger charge is -2.12. The van der Waals surface area contributed by atoms with Crippen molar-refractivity contribution in [2.75, 3.05) is 5.73 Å². The topological polar surface area (TPSA) is 76.9 Å². The van der Waals surface area contributed by atoms with Crippen LogP contribution in [0.1, 0.15) is 30.8 Å². The van der Waals surface area contributed by atoms with Crippen molar-refractivity contribution in [3.05, 3.63) is 38.7 Å². The summed E-state index contributed by atoms with van der Waals surface area (Å²) in [5, 5.41) is 13.4. The molecule has 0 fully saturated rings. The fourth-order valence-electron chi connectivity index (χ4n) is 2.06. The predicted molar refractivity (Wildman–Crippen MR) is 89.9 cm³/mol. The Bertz CT molecular complexity index is 664. The molecule has 6 heteroatoms. The van der Waals surface area contributed by atoms with Crippen LogP contribution in [0, 0.1) is 14.9 Å². The molecule has 0 aliphatic heterocycles. The number of nitrogens with zero attached hydrogens (tertiary/aromatic N) is 3. The molecule has 2 rings (SSSR count). The van der Waals surface area contributed by atoms with E-state index in [1.165, 1.54) is 0 Å². The van der Waals surface area contributed by atoms with Gasteiger partial charge in [-0.2, -0.15) is 10.4 Å². The van der Waals surface area contributed by atoms with E-state index in [4.69, 9.17) is 15.7 Å². The molecule has 0 bridgehead atoms. The zero-order valence-corrected chi connectivity index (χ0v) is 14.2. The van der Waals surface area contributed by atoms with Gasteiger partial charge >= 0.3 is 0 Å². The second-order valence-corrected chi connectivity index (χ2v) is 5.74. The molecule has 1 aromatic heterocycles. The standard InChI is InChI=1S/C15H17IN4O/c1-3-11-7-12(20(4-2)19-11)9-21-15-13(16)5-10(8-17)6-14(15)18/h5-7H,3-4,9,18H2,1-2H3. The SMILES string of the molecule is CCc1cc(COc2c(N)cc(C#N)cc2I)n(CC)n1. The molecule has 5 nitrogen and oxygen atoms in total. The highest BCUT2D eigenvalue weighted by molar-refractivity contribution is 14.1. The van der Waals surface area contributed by atoms with E-state index in [2.05, 4.69) is 53.7 Å². The Balaban J connectivity index is 2.21. The molecule has 2 aromatic rings. The molecule has 0 aliphatic rings. The summed E-state index contributed by atoms with van der Waals surface area (Å²) < 4.78 is 8.62. The van der Waals surface area contributed by atoms with Gasteiger partial charge in [-0.1, -0.05) is 6.92 Å². The van der Waals surface area contributed by atoms with Crippen molar-refractivity contribution in [2.45, 2.75) is 33.4 Å². The highest BCUT2D eigenvalue weighted by Gasteiger charge is 2.11. The van der Waals surface area contributed by atoms with Gasteiger partial charge in [-0.3, -0.25) is 4.68 Å². The fourth-order valence-corrected chi connectivity index (χ4v) is 2.86. The number of rotatable bonds is 5. The van der Waals surface area contributed by atoms with Gasteiger partial charge in [-0.15, -0.1) is 0 Å². The molecule has 2 N–H and O–H groups in total. The molecular weight excluding hydrogens is 379 g/mol. The van der Waals surface area contributed by atoms with Gasteiger partial charge in [0, 0.05) is 6.54 Å². The average Bonchev–Trinajstić information content (AvgIpc) is 2.88. The Morgan fingerprint density at radius 3 is 2.71 bits per heavy atom. The third-order valence-electron chi connectivity index (χ3n) is 3.14. The van der Waals surface area contributed by atoms with Crippen molar-refractivity contribution in [3.8, 4) is 11.8 Å². The number of ether oxygens (including phenoxy) is 1. The summed E-state index contributed by atoms with van der Waals surface area (Å²) in [5.74, 6) is 0.622. The minimum Gasteiger partial charge on any atom is -0.484 e.